The van der Waals surface area contributed by atoms with Crippen LogP contribution in [0.15, 0.2) is 68.3 Å². The van der Waals surface area contributed by atoms with E-state index < -0.39 is 15.8 Å². The fourth-order valence-electron chi connectivity index (χ4n) is 3.20. The lowest BCUT2D eigenvalue weighted by molar-refractivity contribution is -0.113. The molecule has 4 rings (SSSR count). The number of sulfonamides is 1. The van der Waals surface area contributed by atoms with E-state index in [-0.39, 0.29) is 23.1 Å². The molecule has 0 saturated carbocycles. The molecule has 2 heterocycles. The Labute approximate surface area is 167 Å². The summed E-state index contributed by atoms with van der Waals surface area (Å²) in [6, 6.07) is 15.9. The van der Waals surface area contributed by atoms with Gasteiger partial charge >= 0.3 is 0 Å². The SMILES string of the molecule is Cc1nnc(C(CCC(=O)C2=NS(=O)(=O)c3ccccc3N2)c2ccccc2)o1. The molecule has 0 saturated heterocycles. The molecule has 3 aromatic rings. The van der Waals surface area contributed by atoms with Gasteiger partial charge in [-0.1, -0.05) is 42.5 Å². The summed E-state index contributed by atoms with van der Waals surface area (Å²) < 4.78 is 34.0. The average Bonchev–Trinajstić information content (AvgIpc) is 3.14. The van der Waals surface area contributed by atoms with Crippen LogP contribution in [-0.4, -0.2) is 30.2 Å². The Hall–Kier alpha value is -3.33. The fourth-order valence-corrected chi connectivity index (χ4v) is 4.33. The molecule has 148 valence electrons. The number of anilines is 1. The fraction of sp³-hybridized carbons (Fsp3) is 0.200. The lowest BCUT2D eigenvalue weighted by Crippen LogP contribution is -2.29. The van der Waals surface area contributed by atoms with Crippen LogP contribution in [0.2, 0.25) is 0 Å². The Morgan fingerprint density at radius 1 is 1.07 bits per heavy atom. The van der Waals surface area contributed by atoms with Gasteiger partial charge in [0.25, 0.3) is 10.0 Å². The summed E-state index contributed by atoms with van der Waals surface area (Å²) in [5.41, 5.74) is 1.28. The second kappa shape index (κ2) is 7.59. The minimum absolute atomic E-state index is 0.0556. The van der Waals surface area contributed by atoms with Crippen LogP contribution in [0.5, 0.6) is 0 Å². The molecule has 29 heavy (non-hydrogen) atoms. The van der Waals surface area contributed by atoms with Gasteiger partial charge in [-0.25, -0.2) is 0 Å². The van der Waals surface area contributed by atoms with Gasteiger partial charge in [0.2, 0.25) is 11.8 Å². The van der Waals surface area contributed by atoms with E-state index in [2.05, 4.69) is 19.9 Å². The third-order valence-electron chi connectivity index (χ3n) is 4.60. The van der Waals surface area contributed by atoms with E-state index >= 15 is 0 Å². The Balaban J connectivity index is 1.56. The van der Waals surface area contributed by atoms with Gasteiger partial charge in [0.15, 0.2) is 11.6 Å². The highest BCUT2D eigenvalue weighted by atomic mass is 32.2. The molecule has 0 amide bonds. The predicted molar refractivity (Wildman–Crippen MR) is 106 cm³/mol. The molecule has 0 aliphatic carbocycles. The first kappa shape index (κ1) is 19.0. The Morgan fingerprint density at radius 3 is 2.52 bits per heavy atom. The molecule has 8 nitrogen and oxygen atoms in total. The van der Waals surface area contributed by atoms with Crippen molar-refractivity contribution in [2.24, 2.45) is 4.40 Å². The Morgan fingerprint density at radius 2 is 1.79 bits per heavy atom. The second-order valence-electron chi connectivity index (χ2n) is 6.62. The zero-order valence-electron chi connectivity index (χ0n) is 15.6. The van der Waals surface area contributed by atoms with Crippen molar-refractivity contribution in [3.05, 3.63) is 71.9 Å². The van der Waals surface area contributed by atoms with E-state index in [1.54, 1.807) is 25.1 Å². The van der Waals surface area contributed by atoms with E-state index in [4.69, 9.17) is 4.42 Å². The van der Waals surface area contributed by atoms with Crippen molar-refractivity contribution in [3.63, 3.8) is 0 Å². The number of amidine groups is 1. The summed E-state index contributed by atoms with van der Waals surface area (Å²) in [4.78, 5) is 12.8. The second-order valence-corrected chi connectivity index (χ2v) is 8.19. The maximum Gasteiger partial charge on any atom is 0.286 e. The van der Waals surface area contributed by atoms with Crippen LogP contribution in [0.1, 0.15) is 36.1 Å². The lowest BCUT2D eigenvalue weighted by atomic mass is 9.93. The number of nitrogens with one attached hydrogen (secondary N) is 1. The number of aryl methyl sites for hydroxylation is 1. The maximum atomic E-state index is 12.7. The third-order valence-corrected chi connectivity index (χ3v) is 5.93. The van der Waals surface area contributed by atoms with Gasteiger partial charge in [0.05, 0.1) is 11.6 Å². The molecule has 0 bridgehead atoms. The quantitative estimate of drug-likeness (QED) is 0.664. The minimum Gasteiger partial charge on any atom is -0.425 e. The highest BCUT2D eigenvalue weighted by Crippen LogP contribution is 2.30. The molecule has 0 fully saturated rings. The molecule has 1 atom stereocenters. The van der Waals surface area contributed by atoms with E-state index in [1.807, 2.05) is 30.3 Å². The van der Waals surface area contributed by atoms with E-state index in [1.165, 1.54) is 6.07 Å². The maximum absolute atomic E-state index is 12.7. The summed E-state index contributed by atoms with van der Waals surface area (Å²) in [6.07, 6.45) is 0.428. The number of benzene rings is 2. The van der Waals surface area contributed by atoms with Crippen LogP contribution >= 0.6 is 0 Å². The number of hydrogen-bond acceptors (Lipinski definition) is 7. The Kier molecular flexibility index (Phi) is 4.98. The summed E-state index contributed by atoms with van der Waals surface area (Å²) in [7, 11) is -3.91. The van der Waals surface area contributed by atoms with Gasteiger partial charge in [-0.15, -0.1) is 14.6 Å². The smallest absolute Gasteiger partial charge is 0.286 e. The summed E-state index contributed by atoms with van der Waals surface area (Å²) in [5.74, 6) is -0.0156. The van der Waals surface area contributed by atoms with Crippen molar-refractivity contribution >= 4 is 27.3 Å². The highest BCUT2D eigenvalue weighted by Gasteiger charge is 2.29. The monoisotopic (exact) mass is 410 g/mol. The molecule has 1 aliphatic rings. The molecule has 0 spiro atoms. The van der Waals surface area contributed by atoms with Crippen molar-refractivity contribution < 1.29 is 17.6 Å². The molecule has 1 N–H and O–H groups in total. The van der Waals surface area contributed by atoms with Crippen LogP contribution in [0.3, 0.4) is 0 Å². The molecule has 9 heteroatoms. The third kappa shape index (κ3) is 3.95. The minimum atomic E-state index is -3.91. The topological polar surface area (TPSA) is 115 Å². The largest absolute Gasteiger partial charge is 0.425 e. The first-order chi connectivity index (χ1) is 13.9. The van der Waals surface area contributed by atoms with E-state index in [0.29, 0.717) is 23.9 Å². The molecular formula is C20H18N4O4S. The highest BCUT2D eigenvalue weighted by molar-refractivity contribution is 7.90. The first-order valence-electron chi connectivity index (χ1n) is 9.03. The van der Waals surface area contributed by atoms with Crippen LogP contribution in [0.4, 0.5) is 5.69 Å². The number of para-hydroxylation sites is 1. The van der Waals surface area contributed by atoms with Crippen molar-refractivity contribution in [1.82, 2.24) is 10.2 Å². The molecule has 1 unspecified atom stereocenters. The first-order valence-corrected chi connectivity index (χ1v) is 10.5. The predicted octanol–water partition coefficient (Wildman–Crippen LogP) is 3.07. The number of carbonyl (C=O) groups is 1. The molecule has 1 aromatic heterocycles. The number of ketones is 1. The van der Waals surface area contributed by atoms with Crippen LogP contribution in [0, 0.1) is 6.92 Å². The number of rotatable bonds is 6. The van der Waals surface area contributed by atoms with Crippen molar-refractivity contribution in [2.45, 2.75) is 30.6 Å². The normalized spacial score (nSPS) is 15.7. The number of aromatic nitrogens is 2. The van der Waals surface area contributed by atoms with Crippen LogP contribution in [0.25, 0.3) is 0 Å². The summed E-state index contributed by atoms with van der Waals surface area (Å²) in [6.45, 7) is 1.70. The number of Topliss-reactive ketones (excluding diaryl/α,β-unsaturated/α-hetero) is 1. The molecule has 2 aromatic carbocycles. The van der Waals surface area contributed by atoms with Gasteiger partial charge in [0.1, 0.15) is 4.90 Å². The molecule has 1 aliphatic heterocycles. The van der Waals surface area contributed by atoms with Crippen molar-refractivity contribution in [1.29, 1.82) is 0 Å². The van der Waals surface area contributed by atoms with Crippen molar-refractivity contribution in [2.75, 3.05) is 5.32 Å². The zero-order valence-corrected chi connectivity index (χ0v) is 16.4. The Bertz CT molecular complexity index is 1190. The summed E-state index contributed by atoms with van der Waals surface area (Å²) >= 11 is 0. The summed E-state index contributed by atoms with van der Waals surface area (Å²) in [5, 5.41) is 10.8. The van der Waals surface area contributed by atoms with Gasteiger partial charge < -0.3 is 9.73 Å². The average molecular weight is 410 g/mol. The number of fused-ring (bicyclic) bond motifs is 1. The van der Waals surface area contributed by atoms with Gasteiger partial charge in [-0.2, -0.15) is 8.42 Å². The zero-order chi connectivity index (χ0) is 20.4. The van der Waals surface area contributed by atoms with Gasteiger partial charge in [-0.3, -0.25) is 4.79 Å². The lowest BCUT2D eigenvalue weighted by Gasteiger charge is -2.18. The van der Waals surface area contributed by atoms with Gasteiger partial charge in [-0.05, 0) is 24.1 Å². The van der Waals surface area contributed by atoms with Crippen LogP contribution in [-0.2, 0) is 14.8 Å². The molecule has 0 radical (unpaired) electrons. The van der Waals surface area contributed by atoms with Crippen LogP contribution < -0.4 is 5.32 Å². The van der Waals surface area contributed by atoms with Crippen molar-refractivity contribution in [3.8, 4) is 0 Å². The number of hydrogen-bond donors (Lipinski definition) is 1. The van der Waals surface area contributed by atoms with Gasteiger partial charge in [0, 0.05) is 13.3 Å². The number of nitrogens with zero attached hydrogens (tertiary/aromatic N) is 3. The van der Waals surface area contributed by atoms with E-state index in [9.17, 15) is 13.2 Å². The molecular weight excluding hydrogens is 392 g/mol. The van der Waals surface area contributed by atoms with E-state index in [0.717, 1.165) is 5.56 Å². The standard InChI is InChI=1S/C20H18N4O4S/c1-13-22-23-20(28-13)15(14-7-3-2-4-8-14)11-12-17(25)19-21-16-9-5-6-10-18(16)29(26,27)24-19/h2-10,15H,11-12H2,1H3,(H,21,24). The number of carbonyl (C=O) groups excluding carboxylic acids is 1.